The minimum absolute atomic E-state index is 0.0235. The summed E-state index contributed by atoms with van der Waals surface area (Å²) in [5.74, 6) is 1.16. The highest BCUT2D eigenvalue weighted by molar-refractivity contribution is 5.98. The van der Waals surface area contributed by atoms with Crippen LogP contribution in [-0.4, -0.2) is 35.9 Å². The molecule has 0 aliphatic rings. The number of hydrogen-bond donors (Lipinski definition) is 1. The first kappa shape index (κ1) is 14.5. The van der Waals surface area contributed by atoms with Gasteiger partial charge in [0.2, 0.25) is 0 Å². The number of carbonyl (C=O) groups is 1. The molecule has 1 rings (SSSR count). The predicted octanol–water partition coefficient (Wildman–Crippen LogP) is 2.63. The summed E-state index contributed by atoms with van der Waals surface area (Å²) < 4.78 is 0. The fourth-order valence-electron chi connectivity index (χ4n) is 1.80. The molecule has 1 amide bonds. The van der Waals surface area contributed by atoms with Gasteiger partial charge in [0.1, 0.15) is 5.82 Å². The first-order valence-electron chi connectivity index (χ1n) is 6.50. The Bertz CT molecular complexity index is 390. The molecule has 0 saturated heterocycles. The highest BCUT2D eigenvalue weighted by atomic mass is 16.2. The van der Waals surface area contributed by atoms with E-state index < -0.39 is 0 Å². The van der Waals surface area contributed by atoms with Crippen molar-refractivity contribution in [2.75, 3.05) is 25.5 Å². The minimum Gasteiger partial charge on any atom is -0.369 e. The molecule has 0 spiro atoms. The van der Waals surface area contributed by atoms with Crippen LogP contribution in [-0.2, 0) is 0 Å². The summed E-state index contributed by atoms with van der Waals surface area (Å²) in [4.78, 5) is 18.3. The molecule has 1 heterocycles. The number of nitrogens with zero attached hydrogens (tertiary/aromatic N) is 2. The summed E-state index contributed by atoms with van der Waals surface area (Å²) in [6.45, 7) is 7.86. The Morgan fingerprint density at radius 2 is 2.22 bits per heavy atom. The maximum atomic E-state index is 12.3. The number of anilines is 1. The normalized spacial score (nSPS) is 10.5. The van der Waals surface area contributed by atoms with Gasteiger partial charge in [0, 0.05) is 26.3 Å². The number of amides is 1. The lowest BCUT2D eigenvalue weighted by Crippen LogP contribution is -2.31. The van der Waals surface area contributed by atoms with Crippen LogP contribution in [0.15, 0.2) is 18.3 Å². The maximum absolute atomic E-state index is 12.3. The SMILES string of the molecule is CCCNc1ncccc1C(=O)N(C)CC(C)C. The molecule has 1 N–H and O–H groups in total. The monoisotopic (exact) mass is 249 g/mol. The standard InChI is InChI=1S/C14H23N3O/c1-5-8-15-13-12(7-6-9-16-13)14(18)17(4)10-11(2)3/h6-7,9,11H,5,8,10H2,1-4H3,(H,15,16). The third-order valence-corrected chi connectivity index (χ3v) is 2.57. The van der Waals surface area contributed by atoms with E-state index in [0.717, 1.165) is 19.5 Å². The van der Waals surface area contributed by atoms with E-state index in [1.165, 1.54) is 0 Å². The van der Waals surface area contributed by atoms with Gasteiger partial charge < -0.3 is 10.2 Å². The van der Waals surface area contributed by atoms with Crippen molar-refractivity contribution in [3.05, 3.63) is 23.9 Å². The molecule has 0 radical (unpaired) electrons. The van der Waals surface area contributed by atoms with E-state index in [2.05, 4.69) is 31.1 Å². The van der Waals surface area contributed by atoms with Crippen LogP contribution in [0.5, 0.6) is 0 Å². The smallest absolute Gasteiger partial charge is 0.257 e. The third-order valence-electron chi connectivity index (χ3n) is 2.57. The molecule has 0 bridgehead atoms. The van der Waals surface area contributed by atoms with Crippen LogP contribution in [0.2, 0.25) is 0 Å². The van der Waals surface area contributed by atoms with E-state index in [1.807, 2.05) is 13.1 Å². The van der Waals surface area contributed by atoms with Gasteiger partial charge >= 0.3 is 0 Å². The van der Waals surface area contributed by atoms with Gasteiger partial charge in [-0.3, -0.25) is 4.79 Å². The molecule has 0 saturated carbocycles. The van der Waals surface area contributed by atoms with Crippen molar-refractivity contribution in [2.24, 2.45) is 5.92 Å². The van der Waals surface area contributed by atoms with Gasteiger partial charge in [-0.15, -0.1) is 0 Å². The van der Waals surface area contributed by atoms with E-state index in [1.54, 1.807) is 17.2 Å². The number of rotatable bonds is 6. The Morgan fingerprint density at radius 3 is 2.83 bits per heavy atom. The summed E-state index contributed by atoms with van der Waals surface area (Å²) >= 11 is 0. The predicted molar refractivity (Wildman–Crippen MR) is 74.8 cm³/mol. The summed E-state index contributed by atoms with van der Waals surface area (Å²) in [6.07, 6.45) is 2.71. The molecule has 0 fully saturated rings. The highest BCUT2D eigenvalue weighted by Crippen LogP contribution is 2.14. The quantitative estimate of drug-likeness (QED) is 0.843. The molecule has 0 atom stereocenters. The van der Waals surface area contributed by atoms with E-state index in [0.29, 0.717) is 17.3 Å². The van der Waals surface area contributed by atoms with Crippen LogP contribution in [0, 0.1) is 5.92 Å². The van der Waals surface area contributed by atoms with Crippen LogP contribution in [0.25, 0.3) is 0 Å². The van der Waals surface area contributed by atoms with E-state index in [-0.39, 0.29) is 5.91 Å². The molecule has 18 heavy (non-hydrogen) atoms. The largest absolute Gasteiger partial charge is 0.369 e. The van der Waals surface area contributed by atoms with Crippen LogP contribution in [0.3, 0.4) is 0 Å². The van der Waals surface area contributed by atoms with Crippen molar-refractivity contribution >= 4 is 11.7 Å². The maximum Gasteiger partial charge on any atom is 0.257 e. The molecule has 4 heteroatoms. The fourth-order valence-corrected chi connectivity index (χ4v) is 1.80. The van der Waals surface area contributed by atoms with Gasteiger partial charge in [-0.2, -0.15) is 0 Å². The van der Waals surface area contributed by atoms with Gasteiger partial charge in [0.15, 0.2) is 0 Å². The molecule has 1 aromatic heterocycles. The molecular formula is C14H23N3O. The Kier molecular flexibility index (Phi) is 5.62. The van der Waals surface area contributed by atoms with Crippen molar-refractivity contribution in [3.63, 3.8) is 0 Å². The molecule has 0 unspecified atom stereocenters. The summed E-state index contributed by atoms with van der Waals surface area (Å²) in [6, 6.07) is 3.62. The average Bonchev–Trinajstić information content (AvgIpc) is 2.35. The van der Waals surface area contributed by atoms with Crippen molar-refractivity contribution in [3.8, 4) is 0 Å². The van der Waals surface area contributed by atoms with Gasteiger partial charge in [-0.05, 0) is 24.5 Å². The average molecular weight is 249 g/mol. The van der Waals surface area contributed by atoms with E-state index >= 15 is 0 Å². The Balaban J connectivity index is 2.84. The molecule has 0 aliphatic carbocycles. The number of pyridine rings is 1. The second-order valence-corrected chi connectivity index (χ2v) is 4.91. The number of nitrogens with one attached hydrogen (secondary N) is 1. The number of carbonyl (C=O) groups excluding carboxylic acids is 1. The molecule has 0 aromatic carbocycles. The van der Waals surface area contributed by atoms with Crippen LogP contribution < -0.4 is 5.32 Å². The van der Waals surface area contributed by atoms with Gasteiger partial charge in [-0.1, -0.05) is 20.8 Å². The van der Waals surface area contributed by atoms with Crippen molar-refractivity contribution in [1.29, 1.82) is 0 Å². The molecule has 1 aromatic rings. The lowest BCUT2D eigenvalue weighted by molar-refractivity contribution is 0.0780. The lowest BCUT2D eigenvalue weighted by atomic mass is 10.1. The zero-order valence-corrected chi connectivity index (χ0v) is 11.7. The Morgan fingerprint density at radius 1 is 1.50 bits per heavy atom. The van der Waals surface area contributed by atoms with Crippen LogP contribution >= 0.6 is 0 Å². The van der Waals surface area contributed by atoms with Crippen LogP contribution in [0.1, 0.15) is 37.6 Å². The van der Waals surface area contributed by atoms with Gasteiger partial charge in [-0.25, -0.2) is 4.98 Å². The molecule has 0 aliphatic heterocycles. The topological polar surface area (TPSA) is 45.2 Å². The zero-order chi connectivity index (χ0) is 13.5. The van der Waals surface area contributed by atoms with Gasteiger partial charge in [0.05, 0.1) is 5.56 Å². The van der Waals surface area contributed by atoms with Crippen molar-refractivity contribution in [2.45, 2.75) is 27.2 Å². The highest BCUT2D eigenvalue weighted by Gasteiger charge is 2.16. The van der Waals surface area contributed by atoms with Crippen molar-refractivity contribution in [1.82, 2.24) is 9.88 Å². The van der Waals surface area contributed by atoms with E-state index in [9.17, 15) is 4.79 Å². The first-order chi connectivity index (χ1) is 8.56. The van der Waals surface area contributed by atoms with Crippen LogP contribution in [0.4, 0.5) is 5.82 Å². The third kappa shape index (κ3) is 4.02. The summed E-state index contributed by atoms with van der Waals surface area (Å²) in [5, 5.41) is 3.19. The zero-order valence-electron chi connectivity index (χ0n) is 11.7. The fraction of sp³-hybridized carbons (Fsp3) is 0.571. The first-order valence-corrected chi connectivity index (χ1v) is 6.50. The second kappa shape index (κ2) is 6.99. The molecular weight excluding hydrogens is 226 g/mol. The summed E-state index contributed by atoms with van der Waals surface area (Å²) in [5.41, 5.74) is 0.647. The molecule has 100 valence electrons. The van der Waals surface area contributed by atoms with Gasteiger partial charge in [0.25, 0.3) is 5.91 Å². The number of hydrogen-bond acceptors (Lipinski definition) is 3. The lowest BCUT2D eigenvalue weighted by Gasteiger charge is -2.20. The second-order valence-electron chi connectivity index (χ2n) is 4.91. The number of aromatic nitrogens is 1. The van der Waals surface area contributed by atoms with E-state index in [4.69, 9.17) is 0 Å². The Labute approximate surface area is 109 Å². The Hall–Kier alpha value is -1.58. The summed E-state index contributed by atoms with van der Waals surface area (Å²) in [7, 11) is 1.83. The molecule has 4 nitrogen and oxygen atoms in total. The minimum atomic E-state index is 0.0235. The van der Waals surface area contributed by atoms with Crippen molar-refractivity contribution < 1.29 is 4.79 Å².